The van der Waals surface area contributed by atoms with Crippen LogP contribution in [0, 0.1) is 5.92 Å². The Morgan fingerprint density at radius 2 is 1.76 bits per heavy atom. The number of amides is 2. The number of likely N-dealkylation sites (tertiary alicyclic amines) is 1. The first-order valence-electron chi connectivity index (χ1n) is 13.7. The Hall–Kier alpha value is -2.72. The monoisotopic (exact) mass is 541 g/mol. The summed E-state index contributed by atoms with van der Waals surface area (Å²) in [5.74, 6) is 1.37. The SMILES string of the molecule is CN/C(=C\N1CSC(N2CCC(C(=O)N(C)CC(=O)N3CCN(C)CC3)CC2)=N1)c1ccc(C(C)C)cc1. The van der Waals surface area contributed by atoms with E-state index in [2.05, 4.69) is 66.5 Å². The number of hydrogen-bond acceptors (Lipinski definition) is 8. The number of piperazine rings is 1. The molecule has 0 bridgehead atoms. The lowest BCUT2D eigenvalue weighted by atomic mass is 9.95. The van der Waals surface area contributed by atoms with Crippen molar-refractivity contribution in [2.45, 2.75) is 32.6 Å². The molecule has 10 heteroatoms. The Labute approximate surface area is 231 Å². The first kappa shape index (κ1) is 28.3. The minimum absolute atomic E-state index is 0.0377. The van der Waals surface area contributed by atoms with Crippen molar-refractivity contribution in [3.8, 4) is 0 Å². The van der Waals surface area contributed by atoms with Crippen molar-refractivity contribution in [2.75, 3.05) is 72.8 Å². The summed E-state index contributed by atoms with van der Waals surface area (Å²) in [6.45, 7) is 9.43. The van der Waals surface area contributed by atoms with Crippen LogP contribution in [0.15, 0.2) is 35.6 Å². The third-order valence-corrected chi connectivity index (χ3v) is 8.69. The van der Waals surface area contributed by atoms with Crippen molar-refractivity contribution in [3.05, 3.63) is 41.6 Å². The number of carbonyl (C=O) groups is 2. The highest BCUT2D eigenvalue weighted by atomic mass is 32.2. The molecule has 1 N–H and O–H groups in total. The Morgan fingerprint density at radius 3 is 2.37 bits per heavy atom. The Balaban J connectivity index is 1.27. The zero-order chi connectivity index (χ0) is 27.2. The van der Waals surface area contributed by atoms with Crippen LogP contribution in [0.25, 0.3) is 5.70 Å². The van der Waals surface area contributed by atoms with Gasteiger partial charge in [0.15, 0.2) is 5.17 Å². The molecule has 0 saturated carbocycles. The molecule has 0 aromatic heterocycles. The third kappa shape index (κ3) is 7.02. The molecule has 2 fully saturated rings. The first-order valence-corrected chi connectivity index (χ1v) is 14.7. The molecule has 0 atom stereocenters. The van der Waals surface area contributed by atoms with Gasteiger partial charge in [0, 0.05) is 65.5 Å². The zero-order valence-corrected chi connectivity index (χ0v) is 24.3. The molecular formula is C28H43N7O2S. The van der Waals surface area contributed by atoms with Crippen molar-refractivity contribution in [3.63, 3.8) is 0 Å². The average molecular weight is 542 g/mol. The smallest absolute Gasteiger partial charge is 0.242 e. The number of thioether (sulfide) groups is 1. The fourth-order valence-electron chi connectivity index (χ4n) is 5.06. The van der Waals surface area contributed by atoms with Gasteiger partial charge in [-0.3, -0.25) is 14.6 Å². The molecule has 0 aliphatic carbocycles. The molecule has 38 heavy (non-hydrogen) atoms. The van der Waals surface area contributed by atoms with Gasteiger partial charge in [-0.2, -0.15) is 0 Å². The molecule has 2 saturated heterocycles. The van der Waals surface area contributed by atoms with Crippen LogP contribution in [-0.2, 0) is 9.59 Å². The van der Waals surface area contributed by atoms with Gasteiger partial charge in [0.05, 0.1) is 18.1 Å². The summed E-state index contributed by atoms with van der Waals surface area (Å²) >= 11 is 1.73. The summed E-state index contributed by atoms with van der Waals surface area (Å²) in [5.41, 5.74) is 3.50. The van der Waals surface area contributed by atoms with Gasteiger partial charge in [-0.25, -0.2) is 0 Å². The van der Waals surface area contributed by atoms with Crippen LogP contribution in [0.4, 0.5) is 0 Å². The maximum Gasteiger partial charge on any atom is 0.242 e. The van der Waals surface area contributed by atoms with Crippen molar-refractivity contribution in [1.82, 2.24) is 29.9 Å². The van der Waals surface area contributed by atoms with Gasteiger partial charge in [0.2, 0.25) is 11.8 Å². The van der Waals surface area contributed by atoms with E-state index in [0.29, 0.717) is 5.92 Å². The van der Waals surface area contributed by atoms with Crippen LogP contribution in [-0.4, -0.2) is 114 Å². The topological polar surface area (TPSA) is 74.7 Å². The number of benzene rings is 1. The molecule has 0 unspecified atom stereocenters. The van der Waals surface area contributed by atoms with Crippen LogP contribution in [0.5, 0.6) is 0 Å². The normalized spacial score (nSPS) is 19.7. The van der Waals surface area contributed by atoms with Crippen LogP contribution >= 0.6 is 11.8 Å². The highest BCUT2D eigenvalue weighted by Crippen LogP contribution is 2.27. The number of piperidine rings is 1. The second-order valence-electron chi connectivity index (χ2n) is 10.8. The molecule has 208 valence electrons. The van der Waals surface area contributed by atoms with Gasteiger partial charge >= 0.3 is 0 Å². The summed E-state index contributed by atoms with van der Waals surface area (Å²) in [6.07, 6.45) is 3.63. The molecule has 3 heterocycles. The Kier molecular flexibility index (Phi) is 9.59. The largest absolute Gasteiger partial charge is 0.386 e. The van der Waals surface area contributed by atoms with Crippen molar-refractivity contribution < 1.29 is 9.59 Å². The predicted molar refractivity (Wildman–Crippen MR) is 155 cm³/mol. The molecule has 3 aliphatic rings. The minimum Gasteiger partial charge on any atom is -0.386 e. The molecule has 0 spiro atoms. The fourth-order valence-corrected chi connectivity index (χ4v) is 5.97. The second-order valence-corrected chi connectivity index (χ2v) is 11.7. The van der Waals surface area contributed by atoms with Gasteiger partial charge in [-0.15, -0.1) is 5.10 Å². The van der Waals surface area contributed by atoms with E-state index in [-0.39, 0.29) is 24.3 Å². The van der Waals surface area contributed by atoms with E-state index in [4.69, 9.17) is 5.10 Å². The summed E-state index contributed by atoms with van der Waals surface area (Å²) < 4.78 is 0. The molecule has 2 amide bonds. The number of likely N-dealkylation sites (N-methyl/N-ethyl adjacent to an activating group) is 2. The maximum absolute atomic E-state index is 13.1. The van der Waals surface area contributed by atoms with E-state index >= 15 is 0 Å². The number of nitrogens with one attached hydrogen (secondary N) is 1. The van der Waals surface area contributed by atoms with Crippen molar-refractivity contribution in [2.24, 2.45) is 11.0 Å². The lowest BCUT2D eigenvalue weighted by Gasteiger charge is -2.35. The lowest BCUT2D eigenvalue weighted by molar-refractivity contribution is -0.143. The highest BCUT2D eigenvalue weighted by Gasteiger charge is 2.31. The second kappa shape index (κ2) is 12.9. The molecule has 1 aromatic carbocycles. The first-order chi connectivity index (χ1) is 18.2. The van der Waals surface area contributed by atoms with E-state index in [1.807, 2.05) is 17.0 Å². The summed E-state index contributed by atoms with van der Waals surface area (Å²) in [4.78, 5) is 33.7. The van der Waals surface area contributed by atoms with Gasteiger partial charge in [0.1, 0.15) is 0 Å². The standard InChI is InChI=1S/C28H43N7O2S/c1-21(2)22-6-8-23(9-7-22)25(29-3)18-35-20-38-28(30-35)34-12-10-24(11-13-34)27(37)32(5)19-26(36)33-16-14-31(4)15-17-33/h6-9,18,21,24,29H,10-17,19-20H2,1-5H3/b25-18-. The number of amidine groups is 1. The fraction of sp³-hybridized carbons (Fsp3) is 0.607. The maximum atomic E-state index is 13.1. The molecule has 1 aromatic rings. The number of nitrogens with zero attached hydrogens (tertiary/aromatic N) is 6. The average Bonchev–Trinajstić information content (AvgIpc) is 3.40. The number of hydrazone groups is 1. The number of hydrogen-bond donors (Lipinski definition) is 1. The van der Waals surface area contributed by atoms with E-state index < -0.39 is 0 Å². The van der Waals surface area contributed by atoms with Crippen molar-refractivity contribution in [1.29, 1.82) is 0 Å². The van der Waals surface area contributed by atoms with Gasteiger partial charge < -0.3 is 24.9 Å². The number of rotatable bonds is 7. The Bertz CT molecular complexity index is 1030. The van der Waals surface area contributed by atoms with Crippen LogP contribution in [0.1, 0.15) is 43.7 Å². The highest BCUT2D eigenvalue weighted by molar-refractivity contribution is 8.13. The van der Waals surface area contributed by atoms with E-state index in [9.17, 15) is 9.59 Å². The van der Waals surface area contributed by atoms with E-state index in [1.165, 1.54) is 5.56 Å². The van der Waals surface area contributed by atoms with Crippen LogP contribution in [0.3, 0.4) is 0 Å². The number of carbonyl (C=O) groups excluding carboxylic acids is 2. The molecular weight excluding hydrogens is 498 g/mol. The molecule has 4 rings (SSSR count). The third-order valence-electron chi connectivity index (χ3n) is 7.70. The summed E-state index contributed by atoms with van der Waals surface area (Å²) in [5, 5.41) is 11.1. The van der Waals surface area contributed by atoms with E-state index in [1.54, 1.807) is 23.7 Å². The van der Waals surface area contributed by atoms with Crippen LogP contribution in [0.2, 0.25) is 0 Å². The van der Waals surface area contributed by atoms with Gasteiger partial charge in [0.25, 0.3) is 0 Å². The van der Waals surface area contributed by atoms with Crippen molar-refractivity contribution >= 4 is 34.4 Å². The van der Waals surface area contributed by atoms with Crippen LogP contribution < -0.4 is 5.32 Å². The van der Waals surface area contributed by atoms with Gasteiger partial charge in [-0.1, -0.05) is 49.9 Å². The van der Waals surface area contributed by atoms with Gasteiger partial charge in [-0.05, 0) is 36.9 Å². The van der Waals surface area contributed by atoms with E-state index in [0.717, 1.165) is 74.4 Å². The molecule has 9 nitrogen and oxygen atoms in total. The lowest BCUT2D eigenvalue weighted by Crippen LogP contribution is -2.51. The molecule has 3 aliphatic heterocycles. The summed E-state index contributed by atoms with van der Waals surface area (Å²) in [6, 6.07) is 8.68. The zero-order valence-electron chi connectivity index (χ0n) is 23.5. The quantitative estimate of drug-likeness (QED) is 0.569. The Morgan fingerprint density at radius 1 is 1.11 bits per heavy atom. The predicted octanol–water partition coefficient (Wildman–Crippen LogP) is 2.55. The minimum atomic E-state index is -0.0377. The summed E-state index contributed by atoms with van der Waals surface area (Å²) in [7, 11) is 5.77. The molecule has 0 radical (unpaired) electrons.